The van der Waals surface area contributed by atoms with E-state index in [0.717, 1.165) is 17.4 Å². The summed E-state index contributed by atoms with van der Waals surface area (Å²) in [4.78, 5) is 11.5. The fourth-order valence-corrected chi connectivity index (χ4v) is 2.22. The van der Waals surface area contributed by atoms with E-state index in [2.05, 4.69) is 0 Å². The molecule has 2 aromatic carbocycles. The van der Waals surface area contributed by atoms with Gasteiger partial charge in [-0.25, -0.2) is 8.78 Å². The maximum absolute atomic E-state index is 13.1. The summed E-state index contributed by atoms with van der Waals surface area (Å²) in [6.45, 7) is 3.83. The number of carbonyl (C=O) groups excluding carboxylic acids is 1. The second kappa shape index (κ2) is 6.44. The van der Waals surface area contributed by atoms with Gasteiger partial charge in [0, 0.05) is 5.57 Å². The first-order valence-corrected chi connectivity index (χ1v) is 6.74. The van der Waals surface area contributed by atoms with Crippen LogP contribution in [0.4, 0.5) is 8.78 Å². The fourth-order valence-electron chi connectivity index (χ4n) is 2.22. The third-order valence-corrected chi connectivity index (χ3v) is 3.30. The zero-order valence-electron chi connectivity index (χ0n) is 11.9. The van der Waals surface area contributed by atoms with E-state index in [1.165, 1.54) is 24.3 Å². The monoisotopic (exact) mass is 286 g/mol. The Kier molecular flexibility index (Phi) is 4.63. The van der Waals surface area contributed by atoms with Crippen molar-refractivity contribution >= 4 is 11.9 Å². The molecule has 1 nitrogen and oxygen atoms in total. The predicted octanol–water partition coefficient (Wildman–Crippen LogP) is 4.62. The lowest BCUT2D eigenvalue weighted by Crippen LogP contribution is -2.02. The number of hydrogen-bond donors (Lipinski definition) is 0. The summed E-state index contributed by atoms with van der Waals surface area (Å²) in [7, 11) is 0. The maximum Gasteiger partial charge on any atom is 0.146 e. The van der Waals surface area contributed by atoms with Crippen molar-refractivity contribution < 1.29 is 13.6 Å². The van der Waals surface area contributed by atoms with Gasteiger partial charge in [0.05, 0.1) is 0 Å². The van der Waals surface area contributed by atoms with Gasteiger partial charge in [0.2, 0.25) is 0 Å². The normalized spacial score (nSPS) is 10.5. The Labute approximate surface area is 122 Å². The van der Waals surface area contributed by atoms with Crippen molar-refractivity contribution in [3.8, 4) is 0 Å². The number of allylic oxidation sites excluding steroid dienone is 1. The van der Waals surface area contributed by atoms with Gasteiger partial charge in [-0.15, -0.1) is 0 Å². The van der Waals surface area contributed by atoms with Crippen LogP contribution in [0.1, 0.15) is 25.0 Å². The molecule has 0 heterocycles. The lowest BCUT2D eigenvalue weighted by molar-refractivity contribution is -0.105. The van der Waals surface area contributed by atoms with Gasteiger partial charge in [-0.1, -0.05) is 38.1 Å². The van der Waals surface area contributed by atoms with Gasteiger partial charge < -0.3 is 0 Å². The summed E-state index contributed by atoms with van der Waals surface area (Å²) < 4.78 is 26.2. The maximum atomic E-state index is 13.1. The van der Waals surface area contributed by atoms with Gasteiger partial charge in [-0.3, -0.25) is 4.79 Å². The van der Waals surface area contributed by atoms with Gasteiger partial charge >= 0.3 is 0 Å². The summed E-state index contributed by atoms with van der Waals surface area (Å²) >= 11 is 0. The minimum Gasteiger partial charge on any atom is -0.298 e. The van der Waals surface area contributed by atoms with Gasteiger partial charge in [-0.05, 0) is 46.9 Å². The topological polar surface area (TPSA) is 17.1 Å². The molecule has 0 amide bonds. The second-order valence-electron chi connectivity index (χ2n) is 5.12. The molecule has 2 rings (SSSR count). The average Bonchev–Trinajstić information content (AvgIpc) is 2.46. The van der Waals surface area contributed by atoms with Crippen molar-refractivity contribution in [2.45, 2.75) is 13.8 Å². The largest absolute Gasteiger partial charge is 0.298 e. The van der Waals surface area contributed by atoms with Crippen LogP contribution in [0.25, 0.3) is 5.57 Å². The molecule has 21 heavy (non-hydrogen) atoms. The van der Waals surface area contributed by atoms with E-state index in [1.807, 2.05) is 13.8 Å². The summed E-state index contributed by atoms with van der Waals surface area (Å²) in [5, 5.41) is 0. The number of aldehydes is 1. The molecule has 2 aromatic rings. The first-order valence-electron chi connectivity index (χ1n) is 6.74. The number of rotatable bonds is 4. The van der Waals surface area contributed by atoms with Crippen LogP contribution in [0.2, 0.25) is 0 Å². The molecule has 0 aliphatic rings. The lowest BCUT2D eigenvalue weighted by atomic mass is 9.88. The molecule has 0 aliphatic heterocycles. The Balaban J connectivity index is 2.67. The molecule has 0 aliphatic carbocycles. The zero-order valence-corrected chi connectivity index (χ0v) is 11.9. The third-order valence-electron chi connectivity index (χ3n) is 3.30. The van der Waals surface area contributed by atoms with Crippen LogP contribution in [-0.2, 0) is 4.79 Å². The van der Waals surface area contributed by atoms with E-state index in [1.54, 1.807) is 24.3 Å². The summed E-state index contributed by atoms with van der Waals surface area (Å²) in [5.41, 5.74) is 2.78. The Morgan fingerprint density at radius 1 is 0.857 bits per heavy atom. The molecule has 3 heteroatoms. The molecule has 0 atom stereocenters. The molecule has 0 aromatic heterocycles. The summed E-state index contributed by atoms with van der Waals surface area (Å²) in [6, 6.07) is 11.9. The first-order chi connectivity index (χ1) is 10.0. The van der Waals surface area contributed by atoms with E-state index in [-0.39, 0.29) is 17.6 Å². The van der Waals surface area contributed by atoms with Crippen LogP contribution < -0.4 is 0 Å². The minimum atomic E-state index is -0.339. The highest BCUT2D eigenvalue weighted by Gasteiger charge is 2.14. The SMILES string of the molecule is CC(C)C(C=O)=C(c1ccc(F)cc1)c1ccc(F)cc1. The minimum absolute atomic E-state index is 0.00704. The van der Waals surface area contributed by atoms with E-state index < -0.39 is 0 Å². The van der Waals surface area contributed by atoms with Crippen molar-refractivity contribution in [2.24, 2.45) is 5.92 Å². The summed E-state index contributed by atoms with van der Waals surface area (Å²) in [5.74, 6) is -0.670. The molecule has 0 fully saturated rings. The quantitative estimate of drug-likeness (QED) is 0.592. The lowest BCUT2D eigenvalue weighted by Gasteiger charge is -2.15. The van der Waals surface area contributed by atoms with Crippen molar-refractivity contribution in [1.82, 2.24) is 0 Å². The standard InChI is InChI=1S/C18H16F2O/c1-12(2)17(11-21)18(13-3-7-15(19)8-4-13)14-5-9-16(20)10-6-14/h3-12H,1-2H3. The van der Waals surface area contributed by atoms with E-state index in [9.17, 15) is 13.6 Å². The van der Waals surface area contributed by atoms with Gasteiger partial charge in [-0.2, -0.15) is 0 Å². The van der Waals surface area contributed by atoms with E-state index in [4.69, 9.17) is 0 Å². The molecule has 0 spiro atoms. The van der Waals surface area contributed by atoms with Crippen molar-refractivity contribution in [2.75, 3.05) is 0 Å². The molecule has 0 N–H and O–H groups in total. The molecule has 0 saturated heterocycles. The highest BCUT2D eigenvalue weighted by atomic mass is 19.1. The van der Waals surface area contributed by atoms with Crippen LogP contribution in [0, 0.1) is 17.6 Å². The van der Waals surface area contributed by atoms with E-state index >= 15 is 0 Å². The van der Waals surface area contributed by atoms with Crippen LogP contribution in [0.5, 0.6) is 0 Å². The zero-order chi connectivity index (χ0) is 15.4. The smallest absolute Gasteiger partial charge is 0.146 e. The van der Waals surface area contributed by atoms with Crippen molar-refractivity contribution in [1.29, 1.82) is 0 Å². The van der Waals surface area contributed by atoms with Crippen LogP contribution in [0.3, 0.4) is 0 Å². The Morgan fingerprint density at radius 3 is 1.52 bits per heavy atom. The van der Waals surface area contributed by atoms with Gasteiger partial charge in [0.15, 0.2) is 0 Å². The van der Waals surface area contributed by atoms with Crippen LogP contribution in [-0.4, -0.2) is 6.29 Å². The number of benzene rings is 2. The second-order valence-corrected chi connectivity index (χ2v) is 5.12. The summed E-state index contributed by atoms with van der Waals surface area (Å²) in [6.07, 6.45) is 0.812. The first kappa shape index (κ1) is 15.1. The molecule has 0 unspecified atom stereocenters. The molecule has 0 saturated carbocycles. The highest BCUT2D eigenvalue weighted by molar-refractivity contribution is 5.95. The molecule has 108 valence electrons. The third kappa shape index (κ3) is 3.43. The molecular formula is C18H16F2O. The van der Waals surface area contributed by atoms with Crippen LogP contribution >= 0.6 is 0 Å². The van der Waals surface area contributed by atoms with E-state index in [0.29, 0.717) is 11.1 Å². The Morgan fingerprint density at radius 2 is 1.24 bits per heavy atom. The van der Waals surface area contributed by atoms with Crippen molar-refractivity contribution in [3.63, 3.8) is 0 Å². The van der Waals surface area contributed by atoms with Gasteiger partial charge in [0.1, 0.15) is 17.9 Å². The average molecular weight is 286 g/mol. The molecule has 0 radical (unpaired) electrons. The van der Waals surface area contributed by atoms with Gasteiger partial charge in [0.25, 0.3) is 0 Å². The Bertz CT molecular complexity index is 605. The predicted molar refractivity (Wildman–Crippen MR) is 79.7 cm³/mol. The number of halogens is 2. The molecule has 0 bridgehead atoms. The Hall–Kier alpha value is -2.29. The van der Waals surface area contributed by atoms with Crippen LogP contribution in [0.15, 0.2) is 54.1 Å². The fraction of sp³-hybridized carbons (Fsp3) is 0.167. The molecular weight excluding hydrogens is 270 g/mol. The number of carbonyl (C=O) groups is 1. The number of hydrogen-bond acceptors (Lipinski definition) is 1. The highest BCUT2D eigenvalue weighted by Crippen LogP contribution is 2.30. The van der Waals surface area contributed by atoms with Crippen molar-refractivity contribution in [3.05, 3.63) is 76.9 Å².